The topological polar surface area (TPSA) is 84.5 Å². The van der Waals surface area contributed by atoms with Gasteiger partial charge in [0.05, 0.1) is 28.7 Å². The van der Waals surface area contributed by atoms with Gasteiger partial charge in [0.25, 0.3) is 5.91 Å². The summed E-state index contributed by atoms with van der Waals surface area (Å²) in [5.41, 5.74) is 0. The van der Waals surface area contributed by atoms with Crippen molar-refractivity contribution in [2.24, 2.45) is 0 Å². The minimum absolute atomic E-state index is 0.105. The summed E-state index contributed by atoms with van der Waals surface area (Å²) in [5.74, 6) is -1.06. The second-order valence-corrected chi connectivity index (χ2v) is 5.93. The van der Waals surface area contributed by atoms with E-state index in [0.717, 1.165) is 3.79 Å². The van der Waals surface area contributed by atoms with Gasteiger partial charge >= 0.3 is 5.97 Å². The van der Waals surface area contributed by atoms with Crippen molar-refractivity contribution in [3.8, 4) is 0 Å². The van der Waals surface area contributed by atoms with Crippen LogP contribution >= 0.6 is 27.3 Å². The molecule has 1 aromatic rings. The fraction of sp³-hybridized carbons (Fsp3) is 0.364. The van der Waals surface area contributed by atoms with Gasteiger partial charge in [0, 0.05) is 6.54 Å². The van der Waals surface area contributed by atoms with Crippen LogP contribution < -0.4 is 10.6 Å². The molecule has 0 saturated heterocycles. The van der Waals surface area contributed by atoms with Crippen molar-refractivity contribution in [3.05, 3.63) is 20.8 Å². The Morgan fingerprint density at radius 1 is 1.32 bits per heavy atom. The van der Waals surface area contributed by atoms with Gasteiger partial charge < -0.3 is 15.4 Å². The number of esters is 1. The highest BCUT2D eigenvalue weighted by Gasteiger charge is 2.10. The molecule has 0 saturated carbocycles. The number of amides is 2. The van der Waals surface area contributed by atoms with Crippen LogP contribution in [0.2, 0.25) is 0 Å². The van der Waals surface area contributed by atoms with Gasteiger partial charge in [-0.25, -0.2) is 0 Å². The van der Waals surface area contributed by atoms with E-state index in [1.807, 2.05) is 0 Å². The van der Waals surface area contributed by atoms with Gasteiger partial charge in [-0.3, -0.25) is 14.4 Å². The standard InChI is InChI=1S/C11H13BrN2O4S/c1-18-10(16)4-5-13-9(15)6-14-11(17)7-2-3-8(12)19-7/h2-3H,4-6H2,1H3,(H,13,15)(H,14,17). The molecule has 104 valence electrons. The summed E-state index contributed by atoms with van der Waals surface area (Å²) in [4.78, 5) is 34.3. The SMILES string of the molecule is COC(=O)CCNC(=O)CNC(=O)c1ccc(Br)s1. The second-order valence-electron chi connectivity index (χ2n) is 3.46. The van der Waals surface area contributed by atoms with Crippen LogP contribution in [0.15, 0.2) is 15.9 Å². The number of carbonyl (C=O) groups is 3. The van der Waals surface area contributed by atoms with Crippen LogP contribution in [0.3, 0.4) is 0 Å². The molecule has 1 rings (SSSR count). The van der Waals surface area contributed by atoms with Crippen molar-refractivity contribution in [1.29, 1.82) is 0 Å². The summed E-state index contributed by atoms with van der Waals surface area (Å²) in [7, 11) is 1.28. The molecule has 2 amide bonds. The number of hydrogen-bond donors (Lipinski definition) is 2. The van der Waals surface area contributed by atoms with Crippen molar-refractivity contribution >= 4 is 45.1 Å². The third kappa shape index (κ3) is 5.84. The molecular formula is C11H13BrN2O4S. The molecule has 0 atom stereocenters. The Morgan fingerprint density at radius 2 is 2.05 bits per heavy atom. The number of carbonyl (C=O) groups excluding carboxylic acids is 3. The van der Waals surface area contributed by atoms with Crippen LogP contribution in [0.1, 0.15) is 16.1 Å². The Hall–Kier alpha value is -1.41. The lowest BCUT2D eigenvalue weighted by molar-refractivity contribution is -0.140. The van der Waals surface area contributed by atoms with Gasteiger partial charge in [-0.15, -0.1) is 11.3 Å². The minimum atomic E-state index is -0.396. The number of nitrogens with one attached hydrogen (secondary N) is 2. The zero-order chi connectivity index (χ0) is 14.3. The Labute approximate surface area is 122 Å². The first-order chi connectivity index (χ1) is 9.02. The third-order valence-corrected chi connectivity index (χ3v) is 3.71. The Morgan fingerprint density at radius 3 is 2.63 bits per heavy atom. The average molecular weight is 349 g/mol. The molecule has 0 aliphatic carbocycles. The maximum Gasteiger partial charge on any atom is 0.307 e. The number of hydrogen-bond acceptors (Lipinski definition) is 5. The maximum absolute atomic E-state index is 11.6. The molecule has 1 aromatic heterocycles. The van der Waals surface area contributed by atoms with Crippen molar-refractivity contribution in [2.75, 3.05) is 20.2 Å². The Bertz CT molecular complexity index is 475. The van der Waals surface area contributed by atoms with E-state index >= 15 is 0 Å². The zero-order valence-corrected chi connectivity index (χ0v) is 12.6. The molecule has 8 heteroatoms. The minimum Gasteiger partial charge on any atom is -0.469 e. The van der Waals surface area contributed by atoms with Crippen molar-refractivity contribution in [2.45, 2.75) is 6.42 Å². The molecule has 0 aliphatic rings. The van der Waals surface area contributed by atoms with Gasteiger partial charge in [0.15, 0.2) is 0 Å². The van der Waals surface area contributed by atoms with Gasteiger partial charge in [-0.2, -0.15) is 0 Å². The molecule has 0 unspecified atom stereocenters. The summed E-state index contributed by atoms with van der Waals surface area (Å²) in [5, 5.41) is 4.99. The van der Waals surface area contributed by atoms with Crippen LogP contribution in [-0.2, 0) is 14.3 Å². The highest BCUT2D eigenvalue weighted by Crippen LogP contribution is 2.21. The van der Waals surface area contributed by atoms with Crippen molar-refractivity contribution < 1.29 is 19.1 Å². The van der Waals surface area contributed by atoms with E-state index in [2.05, 4.69) is 31.3 Å². The monoisotopic (exact) mass is 348 g/mol. The predicted molar refractivity (Wildman–Crippen MR) is 74.0 cm³/mol. The number of methoxy groups -OCH3 is 1. The Balaban J connectivity index is 2.23. The number of ether oxygens (including phenoxy) is 1. The van der Waals surface area contributed by atoms with E-state index in [0.29, 0.717) is 4.88 Å². The van der Waals surface area contributed by atoms with Gasteiger partial charge in [0.1, 0.15) is 0 Å². The molecule has 0 aliphatic heterocycles. The van der Waals surface area contributed by atoms with E-state index in [9.17, 15) is 14.4 Å². The Kier molecular flexibility index (Phi) is 6.51. The first-order valence-electron chi connectivity index (χ1n) is 5.40. The fourth-order valence-corrected chi connectivity index (χ4v) is 2.45. The van der Waals surface area contributed by atoms with Gasteiger partial charge in [-0.05, 0) is 28.1 Å². The normalized spacial score (nSPS) is 9.79. The second kappa shape index (κ2) is 7.90. The highest BCUT2D eigenvalue weighted by atomic mass is 79.9. The maximum atomic E-state index is 11.6. The number of rotatable bonds is 6. The lowest BCUT2D eigenvalue weighted by atomic mass is 10.4. The quantitative estimate of drug-likeness (QED) is 0.748. The van der Waals surface area contributed by atoms with E-state index in [4.69, 9.17) is 0 Å². The molecule has 0 spiro atoms. The van der Waals surface area contributed by atoms with Crippen molar-refractivity contribution in [3.63, 3.8) is 0 Å². The average Bonchev–Trinajstić information content (AvgIpc) is 2.82. The molecule has 2 N–H and O–H groups in total. The number of thiophene rings is 1. The number of halogens is 1. The molecule has 0 radical (unpaired) electrons. The molecule has 0 aromatic carbocycles. The largest absolute Gasteiger partial charge is 0.469 e. The highest BCUT2D eigenvalue weighted by molar-refractivity contribution is 9.11. The molecular weight excluding hydrogens is 336 g/mol. The summed E-state index contributed by atoms with van der Waals surface area (Å²) >= 11 is 4.53. The third-order valence-electron chi connectivity index (χ3n) is 2.09. The van der Waals surface area contributed by atoms with Crippen molar-refractivity contribution in [1.82, 2.24) is 10.6 Å². The van der Waals surface area contributed by atoms with Crippen LogP contribution in [-0.4, -0.2) is 38.0 Å². The van der Waals surface area contributed by atoms with Crippen LogP contribution in [0.5, 0.6) is 0 Å². The van der Waals surface area contributed by atoms with Crippen LogP contribution in [0, 0.1) is 0 Å². The molecule has 0 bridgehead atoms. The summed E-state index contributed by atoms with van der Waals surface area (Å²) in [6.07, 6.45) is 0.105. The predicted octanol–water partition coefficient (Wildman–Crippen LogP) is 0.920. The lowest BCUT2D eigenvalue weighted by Crippen LogP contribution is -2.37. The van der Waals surface area contributed by atoms with E-state index < -0.39 is 5.97 Å². The molecule has 1 heterocycles. The molecule has 0 fully saturated rings. The van der Waals surface area contributed by atoms with E-state index in [1.54, 1.807) is 12.1 Å². The van der Waals surface area contributed by atoms with Crippen LogP contribution in [0.25, 0.3) is 0 Å². The summed E-state index contributed by atoms with van der Waals surface area (Å²) in [6, 6.07) is 3.43. The fourth-order valence-electron chi connectivity index (χ4n) is 1.15. The first kappa shape index (κ1) is 15.6. The summed E-state index contributed by atoms with van der Waals surface area (Å²) < 4.78 is 5.27. The first-order valence-corrected chi connectivity index (χ1v) is 7.01. The van der Waals surface area contributed by atoms with E-state index in [-0.39, 0.29) is 31.3 Å². The molecule has 19 heavy (non-hydrogen) atoms. The van der Waals surface area contributed by atoms with E-state index in [1.165, 1.54) is 18.4 Å². The van der Waals surface area contributed by atoms with Gasteiger partial charge in [0.2, 0.25) is 5.91 Å². The van der Waals surface area contributed by atoms with Gasteiger partial charge in [-0.1, -0.05) is 0 Å². The zero-order valence-electron chi connectivity index (χ0n) is 10.2. The summed E-state index contributed by atoms with van der Waals surface area (Å²) in [6.45, 7) is 0.0570. The lowest BCUT2D eigenvalue weighted by Gasteiger charge is -2.05. The molecule has 6 nitrogen and oxygen atoms in total. The smallest absolute Gasteiger partial charge is 0.307 e. The van der Waals surface area contributed by atoms with Crippen LogP contribution in [0.4, 0.5) is 0 Å².